The van der Waals surface area contributed by atoms with Crippen molar-refractivity contribution in [1.29, 1.82) is 0 Å². The van der Waals surface area contributed by atoms with Gasteiger partial charge in [0.2, 0.25) is 5.91 Å². The number of aliphatic hydroxyl groups is 1. The van der Waals surface area contributed by atoms with Gasteiger partial charge >= 0.3 is 0 Å². The number of rotatable bonds is 9. The molecule has 2 N–H and O–H groups in total. The van der Waals surface area contributed by atoms with Crippen LogP contribution in [0, 0.1) is 0 Å². The Morgan fingerprint density at radius 2 is 1.89 bits per heavy atom. The quantitative estimate of drug-likeness (QED) is 0.513. The van der Waals surface area contributed by atoms with Crippen molar-refractivity contribution in [3.8, 4) is 11.5 Å². The Morgan fingerprint density at radius 3 is 2.54 bits per heavy atom. The van der Waals surface area contributed by atoms with E-state index in [1.165, 1.54) is 11.8 Å². The molecule has 1 aliphatic carbocycles. The highest BCUT2D eigenvalue weighted by Gasteiger charge is 2.43. The van der Waals surface area contributed by atoms with Crippen LogP contribution in [0.1, 0.15) is 84.7 Å². The summed E-state index contributed by atoms with van der Waals surface area (Å²) in [6, 6.07) is 9.47. The lowest BCUT2D eigenvalue weighted by Gasteiger charge is -2.29. The molecule has 8 nitrogen and oxygen atoms in total. The van der Waals surface area contributed by atoms with Crippen LogP contribution in [0.15, 0.2) is 36.4 Å². The first-order valence-electron chi connectivity index (χ1n) is 12.1. The molecule has 35 heavy (non-hydrogen) atoms. The van der Waals surface area contributed by atoms with Gasteiger partial charge in [-0.05, 0) is 68.4 Å². The molecular weight excluding hydrogens is 448 g/mol. The maximum atomic E-state index is 13.6. The van der Waals surface area contributed by atoms with Crippen LogP contribution in [0.4, 0.5) is 5.69 Å². The second-order valence-electron chi connectivity index (χ2n) is 9.14. The van der Waals surface area contributed by atoms with Crippen LogP contribution in [0.3, 0.4) is 0 Å². The van der Waals surface area contributed by atoms with Gasteiger partial charge in [0.1, 0.15) is 0 Å². The van der Waals surface area contributed by atoms with Crippen LogP contribution in [0.5, 0.6) is 11.5 Å². The fourth-order valence-corrected chi connectivity index (χ4v) is 4.87. The molecule has 8 heteroatoms. The maximum absolute atomic E-state index is 13.6. The van der Waals surface area contributed by atoms with E-state index in [1.807, 2.05) is 13.0 Å². The highest BCUT2D eigenvalue weighted by molar-refractivity contribution is 6.24. The van der Waals surface area contributed by atoms with Gasteiger partial charge in [-0.1, -0.05) is 19.1 Å². The summed E-state index contributed by atoms with van der Waals surface area (Å²) in [4.78, 5) is 39.9. The van der Waals surface area contributed by atoms with E-state index in [-0.39, 0.29) is 29.6 Å². The Morgan fingerprint density at radius 1 is 1.14 bits per heavy atom. The third-order valence-corrected chi connectivity index (χ3v) is 6.70. The first-order chi connectivity index (χ1) is 16.8. The molecule has 0 aromatic heterocycles. The highest BCUT2D eigenvalue weighted by atomic mass is 16.5. The molecule has 2 unspecified atom stereocenters. The summed E-state index contributed by atoms with van der Waals surface area (Å²) in [5.41, 5.74) is 1.36. The number of fused-ring (bicyclic) bond motifs is 1. The van der Waals surface area contributed by atoms with Crippen LogP contribution in [-0.4, -0.2) is 47.0 Å². The van der Waals surface area contributed by atoms with E-state index < -0.39 is 24.0 Å². The Bertz CT molecular complexity index is 1120. The molecule has 1 saturated carbocycles. The van der Waals surface area contributed by atoms with Gasteiger partial charge in [-0.2, -0.15) is 0 Å². The number of carbonyl (C=O) groups excluding carboxylic acids is 3. The van der Waals surface area contributed by atoms with Crippen LogP contribution >= 0.6 is 0 Å². The van der Waals surface area contributed by atoms with Crippen LogP contribution < -0.4 is 14.8 Å². The SMILES string of the molecule is CCC(O)CC(c1ccc(OC)c(OC2CCCC2)c1)N1C(=O)c2cccc(NC(C)=O)c2C1=O. The molecule has 4 rings (SSSR count). The molecule has 0 spiro atoms. The Hall–Kier alpha value is -3.39. The molecule has 186 valence electrons. The lowest BCUT2D eigenvalue weighted by molar-refractivity contribution is -0.114. The molecule has 1 aliphatic heterocycles. The summed E-state index contributed by atoms with van der Waals surface area (Å²) < 4.78 is 11.7. The normalized spacial score (nSPS) is 17.3. The Balaban J connectivity index is 1.74. The van der Waals surface area contributed by atoms with E-state index in [9.17, 15) is 19.5 Å². The first kappa shape index (κ1) is 24.7. The molecule has 3 amide bonds. The Labute approximate surface area is 205 Å². The van der Waals surface area contributed by atoms with Gasteiger partial charge in [-0.3, -0.25) is 19.3 Å². The number of nitrogens with one attached hydrogen (secondary N) is 1. The zero-order chi connectivity index (χ0) is 25.1. The molecular formula is C27H32N2O6. The average Bonchev–Trinajstić information content (AvgIpc) is 3.44. The fraction of sp³-hybridized carbons (Fsp3) is 0.444. The van der Waals surface area contributed by atoms with Crippen LogP contribution in [0.25, 0.3) is 0 Å². The predicted octanol–water partition coefficient (Wildman–Crippen LogP) is 4.47. The minimum absolute atomic E-state index is 0.0957. The zero-order valence-corrected chi connectivity index (χ0v) is 20.4. The standard InChI is InChI=1S/C27H32N2O6/c1-4-18(31)15-22(17-12-13-23(34-3)24(14-17)35-19-8-5-6-9-19)29-26(32)20-10-7-11-21(28-16(2)30)25(20)27(29)33/h7,10-14,18-19,22,31H,4-6,8-9,15H2,1-3H3,(H,28,30). The topological polar surface area (TPSA) is 105 Å². The summed E-state index contributed by atoms with van der Waals surface area (Å²) in [7, 11) is 1.57. The van der Waals surface area contributed by atoms with Crippen molar-refractivity contribution in [2.45, 2.75) is 70.6 Å². The second kappa shape index (κ2) is 10.5. The van der Waals surface area contributed by atoms with Gasteiger partial charge in [0, 0.05) is 6.92 Å². The van der Waals surface area contributed by atoms with E-state index in [0.717, 1.165) is 25.7 Å². The number of hydrogen-bond acceptors (Lipinski definition) is 6. The number of aliphatic hydroxyl groups excluding tert-OH is 1. The minimum atomic E-state index is -0.723. The number of imide groups is 1. The molecule has 0 saturated heterocycles. The van der Waals surface area contributed by atoms with Crippen LogP contribution in [0.2, 0.25) is 0 Å². The number of anilines is 1. The summed E-state index contributed by atoms with van der Waals surface area (Å²) in [6.45, 7) is 3.20. The number of methoxy groups -OCH3 is 1. The first-order valence-corrected chi connectivity index (χ1v) is 12.1. The molecule has 1 fully saturated rings. The number of nitrogens with zero attached hydrogens (tertiary/aromatic N) is 1. The van der Waals surface area contributed by atoms with Crippen molar-refractivity contribution in [1.82, 2.24) is 4.90 Å². The van der Waals surface area contributed by atoms with Gasteiger partial charge in [0.25, 0.3) is 11.8 Å². The summed E-state index contributed by atoms with van der Waals surface area (Å²) in [5.74, 6) is -0.163. The van der Waals surface area contributed by atoms with E-state index in [2.05, 4.69) is 5.32 Å². The monoisotopic (exact) mass is 480 g/mol. The van der Waals surface area contributed by atoms with Crippen molar-refractivity contribution in [3.63, 3.8) is 0 Å². The Kier molecular flexibility index (Phi) is 7.40. The lowest BCUT2D eigenvalue weighted by Crippen LogP contribution is -2.36. The predicted molar refractivity (Wildman–Crippen MR) is 131 cm³/mol. The molecule has 0 radical (unpaired) electrons. The molecule has 0 bridgehead atoms. The van der Waals surface area contributed by atoms with Gasteiger partial charge < -0.3 is 19.9 Å². The third-order valence-electron chi connectivity index (χ3n) is 6.70. The van der Waals surface area contributed by atoms with Gasteiger partial charge in [0.05, 0.1) is 42.2 Å². The molecule has 2 aromatic rings. The van der Waals surface area contributed by atoms with Crippen molar-refractivity contribution in [2.24, 2.45) is 0 Å². The molecule has 2 aromatic carbocycles. The zero-order valence-electron chi connectivity index (χ0n) is 20.4. The molecule has 2 atom stereocenters. The number of ether oxygens (including phenoxy) is 2. The van der Waals surface area contributed by atoms with Crippen molar-refractivity contribution in [2.75, 3.05) is 12.4 Å². The number of hydrogen-bond donors (Lipinski definition) is 2. The molecule has 2 aliphatic rings. The summed E-state index contributed by atoms with van der Waals surface area (Å²) in [6.07, 6.45) is 4.18. The summed E-state index contributed by atoms with van der Waals surface area (Å²) >= 11 is 0. The number of benzene rings is 2. The second-order valence-corrected chi connectivity index (χ2v) is 9.14. The largest absolute Gasteiger partial charge is 0.493 e. The van der Waals surface area contributed by atoms with Crippen molar-refractivity contribution >= 4 is 23.4 Å². The van der Waals surface area contributed by atoms with Crippen LogP contribution in [-0.2, 0) is 4.79 Å². The summed E-state index contributed by atoms with van der Waals surface area (Å²) in [5, 5.41) is 13.2. The van der Waals surface area contributed by atoms with E-state index in [1.54, 1.807) is 37.4 Å². The smallest absolute Gasteiger partial charge is 0.264 e. The lowest BCUT2D eigenvalue weighted by atomic mass is 9.97. The third kappa shape index (κ3) is 5.03. The fourth-order valence-electron chi connectivity index (χ4n) is 4.87. The van der Waals surface area contributed by atoms with Gasteiger partial charge in [-0.15, -0.1) is 0 Å². The average molecular weight is 481 g/mol. The molecule has 1 heterocycles. The maximum Gasteiger partial charge on any atom is 0.264 e. The number of carbonyl (C=O) groups is 3. The van der Waals surface area contributed by atoms with Crippen molar-refractivity contribution < 1.29 is 29.0 Å². The van der Waals surface area contributed by atoms with E-state index >= 15 is 0 Å². The minimum Gasteiger partial charge on any atom is -0.493 e. The van der Waals surface area contributed by atoms with E-state index in [0.29, 0.717) is 29.2 Å². The van der Waals surface area contributed by atoms with E-state index in [4.69, 9.17) is 9.47 Å². The van der Waals surface area contributed by atoms with Gasteiger partial charge in [0.15, 0.2) is 11.5 Å². The highest BCUT2D eigenvalue weighted by Crippen LogP contribution is 2.40. The van der Waals surface area contributed by atoms with Crippen molar-refractivity contribution in [3.05, 3.63) is 53.1 Å². The van der Waals surface area contributed by atoms with Gasteiger partial charge in [-0.25, -0.2) is 0 Å². The number of amides is 3.